The quantitative estimate of drug-likeness (QED) is 0.476. The molecule has 3 aromatic carbocycles. The Balaban J connectivity index is 2.21. The van der Waals surface area contributed by atoms with E-state index in [9.17, 15) is 8.78 Å². The van der Waals surface area contributed by atoms with Gasteiger partial charge in [0.2, 0.25) is 0 Å². The van der Waals surface area contributed by atoms with Crippen molar-refractivity contribution >= 4 is 26.0 Å². The minimum atomic E-state index is -0.289. The topological polar surface area (TPSA) is 0 Å². The fourth-order valence-electron chi connectivity index (χ4n) is 2.38. The minimum absolute atomic E-state index is 0.289. The molecular weight excluding hydrogens is 358 g/mol. The van der Waals surface area contributed by atoms with Gasteiger partial charge in [0.05, 0.1) is 0 Å². The van der Waals surface area contributed by atoms with Gasteiger partial charge in [-0.15, -0.1) is 0 Å². The minimum Gasteiger partial charge on any atom is -0.207 e. The third kappa shape index (κ3) is 3.57. The zero-order chi connectivity index (χ0) is 16.2. The lowest BCUT2D eigenvalue weighted by molar-refractivity contribution is 0.627. The van der Waals surface area contributed by atoms with Crippen LogP contribution in [0, 0.1) is 11.6 Å². The molecule has 23 heavy (non-hydrogen) atoms. The van der Waals surface area contributed by atoms with Gasteiger partial charge in [-0.05, 0) is 56.9 Å². The van der Waals surface area contributed by atoms with Crippen molar-refractivity contribution in [3.05, 3.63) is 107 Å². The molecule has 0 saturated carbocycles. The normalized spacial score (nSPS) is 10.4. The van der Waals surface area contributed by atoms with Crippen LogP contribution in [0.2, 0.25) is 0 Å². The van der Waals surface area contributed by atoms with Crippen LogP contribution < -0.4 is 0 Å². The monoisotopic (exact) mass is 370 g/mol. The van der Waals surface area contributed by atoms with E-state index in [0.29, 0.717) is 0 Å². The van der Waals surface area contributed by atoms with Crippen LogP contribution in [-0.2, 0) is 0 Å². The van der Waals surface area contributed by atoms with Crippen LogP contribution in [0.5, 0.6) is 0 Å². The van der Waals surface area contributed by atoms with Crippen molar-refractivity contribution < 1.29 is 8.78 Å². The van der Waals surface area contributed by atoms with Crippen LogP contribution in [-0.4, -0.2) is 0 Å². The fraction of sp³-hybridized carbons (Fsp3) is 0. The maximum Gasteiger partial charge on any atom is 0.123 e. The Labute approximate surface area is 142 Å². The molecular formula is C20H13BrF2. The van der Waals surface area contributed by atoms with E-state index in [1.165, 1.54) is 24.3 Å². The van der Waals surface area contributed by atoms with Crippen molar-refractivity contribution in [1.29, 1.82) is 0 Å². The summed E-state index contributed by atoms with van der Waals surface area (Å²) < 4.78 is 27.4. The van der Waals surface area contributed by atoms with E-state index in [2.05, 4.69) is 15.9 Å². The highest BCUT2D eigenvalue weighted by Crippen LogP contribution is 2.36. The summed E-state index contributed by atoms with van der Waals surface area (Å²) in [7, 11) is 0. The van der Waals surface area contributed by atoms with Gasteiger partial charge in [0.15, 0.2) is 0 Å². The Kier molecular flexibility index (Phi) is 4.68. The zero-order valence-corrected chi connectivity index (χ0v) is 13.7. The summed E-state index contributed by atoms with van der Waals surface area (Å²) in [6.45, 7) is 0. The van der Waals surface area contributed by atoms with Gasteiger partial charge in [-0.1, -0.05) is 54.6 Å². The maximum absolute atomic E-state index is 13.3. The summed E-state index contributed by atoms with van der Waals surface area (Å²) in [6.07, 6.45) is 0. The maximum atomic E-state index is 13.3. The highest BCUT2D eigenvalue weighted by molar-refractivity contribution is 9.15. The van der Waals surface area contributed by atoms with Crippen molar-refractivity contribution in [2.45, 2.75) is 0 Å². The Hall–Kier alpha value is -2.26. The molecule has 0 atom stereocenters. The van der Waals surface area contributed by atoms with Crippen molar-refractivity contribution in [3.63, 3.8) is 0 Å². The Bertz CT molecular complexity index is 772. The van der Waals surface area contributed by atoms with Gasteiger partial charge in [-0.2, -0.15) is 0 Å². The third-order valence-electron chi connectivity index (χ3n) is 3.51. The first-order valence-corrected chi connectivity index (χ1v) is 7.91. The molecule has 3 heteroatoms. The van der Waals surface area contributed by atoms with E-state index in [1.54, 1.807) is 24.3 Å². The molecule has 0 spiro atoms. The van der Waals surface area contributed by atoms with E-state index >= 15 is 0 Å². The largest absolute Gasteiger partial charge is 0.207 e. The first kappa shape index (κ1) is 15.6. The van der Waals surface area contributed by atoms with E-state index < -0.39 is 0 Å². The fourth-order valence-corrected chi connectivity index (χ4v) is 3.10. The molecule has 0 nitrogen and oxygen atoms in total. The van der Waals surface area contributed by atoms with Crippen molar-refractivity contribution in [2.75, 3.05) is 0 Å². The molecule has 0 fully saturated rings. The van der Waals surface area contributed by atoms with Crippen molar-refractivity contribution in [1.82, 2.24) is 0 Å². The van der Waals surface area contributed by atoms with Gasteiger partial charge in [0, 0.05) is 10.1 Å². The molecule has 0 heterocycles. The third-order valence-corrected chi connectivity index (χ3v) is 4.37. The standard InChI is InChI=1S/C20H13BrF2/c21-20(16-4-2-1-3-5-16)19(14-6-10-17(22)11-7-14)15-8-12-18(23)13-9-15/h1-13H. The average molecular weight is 371 g/mol. The summed E-state index contributed by atoms with van der Waals surface area (Å²) in [5.74, 6) is -0.578. The van der Waals surface area contributed by atoms with Crippen LogP contribution in [0.1, 0.15) is 16.7 Å². The molecule has 0 aliphatic rings. The van der Waals surface area contributed by atoms with E-state index in [1.807, 2.05) is 30.3 Å². The van der Waals surface area contributed by atoms with Crippen molar-refractivity contribution in [3.8, 4) is 0 Å². The van der Waals surface area contributed by atoms with Gasteiger partial charge < -0.3 is 0 Å². The predicted molar refractivity (Wildman–Crippen MR) is 94.1 cm³/mol. The lowest BCUT2D eigenvalue weighted by Crippen LogP contribution is -1.92. The van der Waals surface area contributed by atoms with Crippen LogP contribution in [0.25, 0.3) is 10.1 Å². The molecule has 3 rings (SSSR count). The van der Waals surface area contributed by atoms with Crippen LogP contribution in [0.3, 0.4) is 0 Å². The van der Waals surface area contributed by atoms with Gasteiger partial charge >= 0.3 is 0 Å². The highest BCUT2D eigenvalue weighted by Gasteiger charge is 2.12. The number of hydrogen-bond acceptors (Lipinski definition) is 0. The first-order valence-electron chi connectivity index (χ1n) is 7.12. The zero-order valence-electron chi connectivity index (χ0n) is 12.1. The molecule has 0 unspecified atom stereocenters. The number of halogens is 3. The number of benzene rings is 3. The number of rotatable bonds is 3. The Morgan fingerprint density at radius 3 is 1.43 bits per heavy atom. The van der Waals surface area contributed by atoms with E-state index in [4.69, 9.17) is 0 Å². The molecule has 0 radical (unpaired) electrons. The second-order valence-corrected chi connectivity index (χ2v) is 5.86. The summed E-state index contributed by atoms with van der Waals surface area (Å²) in [5.41, 5.74) is 3.59. The number of hydrogen-bond donors (Lipinski definition) is 0. The average Bonchev–Trinajstić information content (AvgIpc) is 2.59. The van der Waals surface area contributed by atoms with Gasteiger partial charge in [0.1, 0.15) is 11.6 Å². The SMILES string of the molecule is Fc1ccc(C(=C(Br)c2ccccc2)c2ccc(F)cc2)cc1. The lowest BCUT2D eigenvalue weighted by atomic mass is 9.95. The molecule has 0 saturated heterocycles. The smallest absolute Gasteiger partial charge is 0.123 e. The second-order valence-electron chi connectivity index (χ2n) is 5.07. The predicted octanol–water partition coefficient (Wildman–Crippen LogP) is 6.28. The lowest BCUT2D eigenvalue weighted by Gasteiger charge is -2.13. The Morgan fingerprint density at radius 2 is 1.00 bits per heavy atom. The molecule has 0 N–H and O–H groups in total. The molecule has 0 aromatic heterocycles. The summed E-state index contributed by atoms with van der Waals surface area (Å²) in [5, 5.41) is 0. The van der Waals surface area contributed by atoms with Gasteiger partial charge in [0.25, 0.3) is 0 Å². The molecule has 0 aliphatic heterocycles. The van der Waals surface area contributed by atoms with Crippen LogP contribution in [0.4, 0.5) is 8.78 Å². The molecule has 0 bridgehead atoms. The summed E-state index contributed by atoms with van der Waals surface area (Å²) in [4.78, 5) is 0. The van der Waals surface area contributed by atoms with E-state index in [0.717, 1.165) is 26.7 Å². The van der Waals surface area contributed by atoms with Crippen LogP contribution in [0.15, 0.2) is 78.9 Å². The van der Waals surface area contributed by atoms with Gasteiger partial charge in [-0.25, -0.2) is 8.78 Å². The summed E-state index contributed by atoms with van der Waals surface area (Å²) >= 11 is 3.66. The molecule has 0 amide bonds. The second kappa shape index (κ2) is 6.88. The van der Waals surface area contributed by atoms with Crippen molar-refractivity contribution in [2.24, 2.45) is 0 Å². The first-order chi connectivity index (χ1) is 11.1. The molecule has 3 aromatic rings. The van der Waals surface area contributed by atoms with Gasteiger partial charge in [-0.3, -0.25) is 0 Å². The molecule has 0 aliphatic carbocycles. The van der Waals surface area contributed by atoms with Crippen LogP contribution >= 0.6 is 15.9 Å². The summed E-state index contributed by atoms with van der Waals surface area (Å²) in [6, 6.07) is 22.4. The van der Waals surface area contributed by atoms with E-state index in [-0.39, 0.29) is 11.6 Å². The Morgan fingerprint density at radius 1 is 0.565 bits per heavy atom. The highest BCUT2D eigenvalue weighted by atomic mass is 79.9. The molecule has 114 valence electrons.